The highest BCUT2D eigenvalue weighted by atomic mass is 32.2. The quantitative estimate of drug-likeness (QED) is 0.720. The molecular weight excluding hydrogens is 389 g/mol. The van der Waals surface area contributed by atoms with E-state index in [0.717, 1.165) is 11.1 Å². The fourth-order valence-electron chi connectivity index (χ4n) is 4.38. The molecular formula is C22H20FN3O2S. The third-order valence-corrected chi connectivity index (χ3v) is 7.71. The van der Waals surface area contributed by atoms with Crippen molar-refractivity contribution in [2.45, 2.75) is 22.9 Å². The lowest BCUT2D eigenvalue weighted by Gasteiger charge is -2.54. The number of aromatic nitrogens is 1. The van der Waals surface area contributed by atoms with E-state index in [0.29, 0.717) is 13.1 Å². The Balaban J connectivity index is 1.34. The summed E-state index contributed by atoms with van der Waals surface area (Å²) in [5, 5.41) is 3.43. The lowest BCUT2D eigenvalue weighted by molar-refractivity contribution is 0.101. The van der Waals surface area contributed by atoms with E-state index >= 15 is 0 Å². The third kappa shape index (κ3) is 3.15. The van der Waals surface area contributed by atoms with Crippen LogP contribution in [-0.2, 0) is 10.0 Å². The smallest absolute Gasteiger partial charge is 0.246 e. The van der Waals surface area contributed by atoms with Crippen molar-refractivity contribution in [2.75, 3.05) is 13.1 Å². The minimum atomic E-state index is -3.83. The number of nitrogens with zero attached hydrogens (tertiary/aromatic N) is 2. The van der Waals surface area contributed by atoms with Crippen molar-refractivity contribution >= 4 is 10.0 Å². The van der Waals surface area contributed by atoms with Crippen molar-refractivity contribution in [3.63, 3.8) is 0 Å². The van der Waals surface area contributed by atoms with E-state index in [9.17, 15) is 12.8 Å². The molecule has 0 spiro atoms. The van der Waals surface area contributed by atoms with Crippen LogP contribution in [0.3, 0.4) is 0 Å². The maximum Gasteiger partial charge on any atom is 0.246 e. The molecule has 6 rings (SSSR count). The van der Waals surface area contributed by atoms with Gasteiger partial charge in [-0.05, 0) is 34.9 Å². The molecule has 0 radical (unpaired) electrons. The summed E-state index contributed by atoms with van der Waals surface area (Å²) in [6.45, 7) is 0.671. The molecule has 148 valence electrons. The van der Waals surface area contributed by atoms with Gasteiger partial charge in [0.1, 0.15) is 10.7 Å². The molecule has 4 heterocycles. The largest absolute Gasteiger partial charge is 0.307 e. The first-order valence-corrected chi connectivity index (χ1v) is 11.0. The van der Waals surface area contributed by atoms with Crippen molar-refractivity contribution in [1.82, 2.24) is 14.6 Å². The van der Waals surface area contributed by atoms with E-state index in [-0.39, 0.29) is 22.9 Å². The molecule has 3 fully saturated rings. The minimum Gasteiger partial charge on any atom is -0.307 e. The highest BCUT2D eigenvalue weighted by molar-refractivity contribution is 7.89. The fourth-order valence-corrected chi connectivity index (χ4v) is 5.93. The SMILES string of the molecule is O=S(=O)(c1ccccc1F)N1C[C@@H]2N[C@H](C1)C2c1ccc(-c2cccnc2)cc1. The van der Waals surface area contributed by atoms with Crippen LogP contribution in [0.1, 0.15) is 11.5 Å². The lowest BCUT2D eigenvalue weighted by atomic mass is 9.75. The van der Waals surface area contributed by atoms with Gasteiger partial charge in [0.25, 0.3) is 0 Å². The minimum absolute atomic E-state index is 0.0274. The van der Waals surface area contributed by atoms with Crippen molar-refractivity contribution in [3.8, 4) is 11.1 Å². The van der Waals surface area contributed by atoms with Crippen LogP contribution in [0.15, 0.2) is 78.0 Å². The maximum atomic E-state index is 14.0. The van der Waals surface area contributed by atoms with Crippen LogP contribution in [0.5, 0.6) is 0 Å². The topological polar surface area (TPSA) is 62.3 Å². The van der Waals surface area contributed by atoms with Gasteiger partial charge >= 0.3 is 0 Å². The molecule has 5 nitrogen and oxygen atoms in total. The molecule has 1 aromatic heterocycles. The zero-order chi connectivity index (χ0) is 20.0. The summed E-state index contributed by atoms with van der Waals surface area (Å²) in [6, 6.07) is 17.9. The summed E-state index contributed by atoms with van der Waals surface area (Å²) < 4.78 is 41.2. The van der Waals surface area contributed by atoms with Gasteiger partial charge in [-0.15, -0.1) is 0 Å². The van der Waals surface area contributed by atoms with Crippen LogP contribution in [0.2, 0.25) is 0 Å². The molecule has 2 aromatic carbocycles. The monoisotopic (exact) mass is 409 g/mol. The van der Waals surface area contributed by atoms with Crippen LogP contribution in [-0.4, -0.2) is 42.9 Å². The second-order valence-electron chi connectivity index (χ2n) is 7.52. The number of piperidine rings is 1. The Kier molecular flexibility index (Phi) is 4.46. The average Bonchev–Trinajstić information content (AvgIpc) is 2.75. The zero-order valence-corrected chi connectivity index (χ0v) is 16.4. The normalized spacial score (nSPS) is 24.1. The number of halogens is 1. The number of pyridine rings is 1. The maximum absolute atomic E-state index is 14.0. The number of nitrogens with one attached hydrogen (secondary N) is 1. The number of fused-ring (bicyclic) bond motifs is 2. The molecule has 3 atom stereocenters. The second kappa shape index (κ2) is 7.02. The van der Waals surface area contributed by atoms with E-state index in [1.807, 2.05) is 18.3 Å². The molecule has 3 saturated heterocycles. The van der Waals surface area contributed by atoms with E-state index in [2.05, 4.69) is 34.6 Å². The predicted octanol–water partition coefficient (Wildman–Crippen LogP) is 3.02. The van der Waals surface area contributed by atoms with Crippen molar-refractivity contribution in [1.29, 1.82) is 0 Å². The Hall–Kier alpha value is -2.61. The zero-order valence-electron chi connectivity index (χ0n) is 15.6. The molecule has 0 aliphatic carbocycles. The molecule has 3 aliphatic rings. The van der Waals surface area contributed by atoms with Gasteiger partial charge in [0.15, 0.2) is 0 Å². The van der Waals surface area contributed by atoms with Crippen molar-refractivity contribution in [2.24, 2.45) is 0 Å². The Morgan fingerprint density at radius 1 is 0.931 bits per heavy atom. The molecule has 1 N–H and O–H groups in total. The van der Waals surface area contributed by atoms with Gasteiger partial charge in [0.2, 0.25) is 10.0 Å². The average molecular weight is 409 g/mol. The van der Waals surface area contributed by atoms with E-state index in [4.69, 9.17) is 0 Å². The molecule has 7 heteroatoms. The Morgan fingerprint density at radius 3 is 2.31 bits per heavy atom. The van der Waals surface area contributed by atoms with Gasteiger partial charge in [0, 0.05) is 43.5 Å². The Labute approximate surface area is 169 Å². The number of rotatable bonds is 4. The molecule has 3 aliphatic heterocycles. The molecule has 0 amide bonds. The van der Waals surface area contributed by atoms with Gasteiger partial charge in [-0.1, -0.05) is 42.5 Å². The van der Waals surface area contributed by atoms with Gasteiger partial charge in [-0.3, -0.25) is 4.98 Å². The van der Waals surface area contributed by atoms with Gasteiger partial charge < -0.3 is 5.32 Å². The van der Waals surface area contributed by atoms with Gasteiger partial charge in [0.05, 0.1) is 0 Å². The van der Waals surface area contributed by atoms with Crippen molar-refractivity contribution in [3.05, 3.63) is 84.4 Å². The number of piperazine rings is 1. The number of hydrogen-bond acceptors (Lipinski definition) is 4. The van der Waals surface area contributed by atoms with Gasteiger partial charge in [-0.25, -0.2) is 12.8 Å². The summed E-state index contributed by atoms with van der Waals surface area (Å²) in [7, 11) is -3.83. The first-order valence-electron chi connectivity index (χ1n) is 9.55. The van der Waals surface area contributed by atoms with E-state index in [1.54, 1.807) is 12.3 Å². The summed E-state index contributed by atoms with van der Waals surface area (Å²) in [4.78, 5) is 3.90. The van der Waals surface area contributed by atoms with Crippen LogP contribution >= 0.6 is 0 Å². The fraction of sp³-hybridized carbons (Fsp3) is 0.227. The standard InChI is InChI=1S/C22H20FN3O2S/c23-18-5-1-2-6-21(18)29(27,28)26-13-19-22(20(14-26)25-19)16-9-7-15(8-10-16)17-4-3-11-24-12-17/h1-12,19-20,22,25H,13-14H2/t19-,20+,22?. The molecule has 2 bridgehead atoms. The van der Waals surface area contributed by atoms with E-state index in [1.165, 1.54) is 28.1 Å². The Morgan fingerprint density at radius 2 is 1.66 bits per heavy atom. The molecule has 29 heavy (non-hydrogen) atoms. The summed E-state index contributed by atoms with van der Waals surface area (Å²) in [6.07, 6.45) is 3.58. The highest BCUT2D eigenvalue weighted by Gasteiger charge is 2.50. The highest BCUT2D eigenvalue weighted by Crippen LogP contribution is 2.39. The van der Waals surface area contributed by atoms with Crippen LogP contribution < -0.4 is 5.32 Å². The molecule has 3 aromatic rings. The summed E-state index contributed by atoms with van der Waals surface area (Å²) in [5.41, 5.74) is 3.35. The summed E-state index contributed by atoms with van der Waals surface area (Å²) in [5.74, 6) is -0.452. The summed E-state index contributed by atoms with van der Waals surface area (Å²) >= 11 is 0. The second-order valence-corrected chi connectivity index (χ2v) is 9.43. The van der Waals surface area contributed by atoms with Crippen LogP contribution in [0.4, 0.5) is 4.39 Å². The van der Waals surface area contributed by atoms with Gasteiger partial charge in [-0.2, -0.15) is 4.31 Å². The lowest BCUT2D eigenvalue weighted by Crippen LogP contribution is -2.72. The van der Waals surface area contributed by atoms with E-state index < -0.39 is 15.8 Å². The molecule has 0 saturated carbocycles. The number of benzene rings is 2. The van der Waals surface area contributed by atoms with Crippen LogP contribution in [0, 0.1) is 5.82 Å². The molecule has 1 unspecified atom stereocenters. The van der Waals surface area contributed by atoms with Crippen LogP contribution in [0.25, 0.3) is 11.1 Å². The first kappa shape index (κ1) is 18.4. The third-order valence-electron chi connectivity index (χ3n) is 5.84. The van der Waals surface area contributed by atoms with Crippen molar-refractivity contribution < 1.29 is 12.8 Å². The number of sulfonamides is 1. The Bertz CT molecular complexity index is 1120. The number of hydrogen-bond donors (Lipinski definition) is 1. The predicted molar refractivity (Wildman–Crippen MR) is 108 cm³/mol. The first-order chi connectivity index (χ1) is 14.0.